The van der Waals surface area contributed by atoms with Crippen LogP contribution in [0.4, 0.5) is 0 Å². The number of pyridine rings is 1. The average Bonchev–Trinajstić information content (AvgIpc) is 3.15. The molecule has 1 saturated carbocycles. The van der Waals surface area contributed by atoms with Gasteiger partial charge < -0.3 is 10.3 Å². The Morgan fingerprint density at radius 1 is 1.38 bits per heavy atom. The molecular weight excluding hydrogens is 290 g/mol. The van der Waals surface area contributed by atoms with Gasteiger partial charge in [-0.25, -0.2) is 4.98 Å². The molecule has 1 fully saturated rings. The topological polar surface area (TPSA) is 82.2 Å². The smallest absolute Gasteiger partial charge is 0.228 e. The summed E-state index contributed by atoms with van der Waals surface area (Å²) in [7, 11) is 0. The second kappa shape index (κ2) is 4.82. The van der Waals surface area contributed by atoms with Gasteiger partial charge in [0, 0.05) is 18.7 Å². The van der Waals surface area contributed by atoms with E-state index in [0.717, 1.165) is 5.65 Å². The van der Waals surface area contributed by atoms with Gasteiger partial charge in [0.15, 0.2) is 5.15 Å². The van der Waals surface area contributed by atoms with Crippen LogP contribution in [0.1, 0.15) is 18.7 Å². The molecular formula is C14H14ClN5O. The molecule has 21 heavy (non-hydrogen) atoms. The number of nitrogens with zero attached hydrogens (tertiary/aromatic N) is 4. The lowest BCUT2D eigenvalue weighted by Crippen LogP contribution is -2.25. The van der Waals surface area contributed by atoms with Gasteiger partial charge in [-0.1, -0.05) is 22.8 Å². The molecule has 0 spiro atoms. The first-order valence-corrected chi connectivity index (χ1v) is 7.31. The van der Waals surface area contributed by atoms with Crippen LogP contribution in [0.5, 0.6) is 0 Å². The number of halogens is 1. The van der Waals surface area contributed by atoms with Crippen molar-refractivity contribution in [3.63, 3.8) is 0 Å². The highest BCUT2D eigenvalue weighted by atomic mass is 35.5. The van der Waals surface area contributed by atoms with Gasteiger partial charge in [0.1, 0.15) is 11.3 Å². The van der Waals surface area contributed by atoms with Crippen LogP contribution in [0.25, 0.3) is 17.2 Å². The lowest BCUT2D eigenvalue weighted by Gasteiger charge is -2.04. The summed E-state index contributed by atoms with van der Waals surface area (Å²) in [5.41, 5.74) is 7.48. The third-order valence-corrected chi connectivity index (χ3v) is 4.07. The zero-order valence-corrected chi connectivity index (χ0v) is 12.0. The lowest BCUT2D eigenvalue weighted by atomic mass is 10.1. The Bertz CT molecular complexity index is 792. The van der Waals surface area contributed by atoms with Crippen LogP contribution in [0, 0.1) is 5.92 Å². The third kappa shape index (κ3) is 2.30. The van der Waals surface area contributed by atoms with Gasteiger partial charge in [-0.2, -0.15) is 4.98 Å². The van der Waals surface area contributed by atoms with Crippen molar-refractivity contribution in [2.45, 2.75) is 25.3 Å². The molecule has 3 heterocycles. The minimum atomic E-state index is 0.0935. The van der Waals surface area contributed by atoms with Gasteiger partial charge in [0.05, 0.1) is 0 Å². The normalized spacial score (nSPS) is 16.5. The minimum Gasteiger partial charge on any atom is -0.339 e. The van der Waals surface area contributed by atoms with E-state index in [-0.39, 0.29) is 6.04 Å². The first-order valence-electron chi connectivity index (χ1n) is 6.93. The zero-order chi connectivity index (χ0) is 14.4. The molecule has 0 aliphatic heterocycles. The largest absolute Gasteiger partial charge is 0.339 e. The molecule has 0 radical (unpaired) electrons. The van der Waals surface area contributed by atoms with E-state index < -0.39 is 0 Å². The standard InChI is InChI=1S/C14H14ClN5O/c15-13-12(20-6-2-1-3-10(20)17-13)14-18-11(21-19-14)7-9(16)8-4-5-8/h1-3,6,8-9H,4-5,7,16H2. The number of hydrogen-bond acceptors (Lipinski definition) is 5. The molecule has 1 atom stereocenters. The van der Waals surface area contributed by atoms with Crippen LogP contribution in [-0.4, -0.2) is 25.6 Å². The Balaban J connectivity index is 1.69. The Kier molecular flexibility index (Phi) is 2.94. The summed E-state index contributed by atoms with van der Waals surface area (Å²) in [6.07, 6.45) is 4.87. The Hall–Kier alpha value is -1.92. The Morgan fingerprint density at radius 3 is 3.05 bits per heavy atom. The molecule has 0 bridgehead atoms. The molecule has 1 unspecified atom stereocenters. The number of hydrogen-bond donors (Lipinski definition) is 1. The molecule has 0 aromatic carbocycles. The molecule has 0 saturated heterocycles. The van der Waals surface area contributed by atoms with Crippen molar-refractivity contribution in [3.8, 4) is 11.5 Å². The number of fused-ring (bicyclic) bond motifs is 1. The molecule has 3 aromatic heterocycles. The predicted octanol–water partition coefficient (Wildman–Crippen LogP) is 2.32. The molecule has 2 N–H and O–H groups in total. The van der Waals surface area contributed by atoms with Crippen molar-refractivity contribution in [3.05, 3.63) is 35.4 Å². The van der Waals surface area contributed by atoms with Gasteiger partial charge in [-0.05, 0) is 30.9 Å². The van der Waals surface area contributed by atoms with E-state index >= 15 is 0 Å². The fraction of sp³-hybridized carbons (Fsp3) is 0.357. The summed E-state index contributed by atoms with van der Waals surface area (Å²) in [4.78, 5) is 8.69. The van der Waals surface area contributed by atoms with E-state index in [4.69, 9.17) is 21.9 Å². The van der Waals surface area contributed by atoms with Gasteiger partial charge in [0.25, 0.3) is 0 Å². The van der Waals surface area contributed by atoms with Gasteiger partial charge in [-0.3, -0.25) is 4.40 Å². The monoisotopic (exact) mass is 303 g/mol. The minimum absolute atomic E-state index is 0.0935. The SMILES string of the molecule is NC(Cc1nc(-c2c(Cl)nc3ccccn23)no1)C1CC1. The van der Waals surface area contributed by atoms with Crippen molar-refractivity contribution in [1.29, 1.82) is 0 Å². The van der Waals surface area contributed by atoms with E-state index in [0.29, 0.717) is 34.9 Å². The molecule has 1 aliphatic carbocycles. The number of rotatable bonds is 4. The van der Waals surface area contributed by atoms with Crippen LogP contribution in [0.3, 0.4) is 0 Å². The van der Waals surface area contributed by atoms with Crippen molar-refractivity contribution >= 4 is 17.2 Å². The molecule has 6 nitrogen and oxygen atoms in total. The van der Waals surface area contributed by atoms with E-state index in [9.17, 15) is 0 Å². The summed E-state index contributed by atoms with van der Waals surface area (Å²) >= 11 is 6.20. The van der Waals surface area contributed by atoms with E-state index in [1.807, 2.05) is 28.8 Å². The van der Waals surface area contributed by atoms with E-state index in [1.165, 1.54) is 12.8 Å². The molecule has 0 amide bonds. The second-order valence-electron chi connectivity index (χ2n) is 5.40. The fourth-order valence-electron chi connectivity index (χ4n) is 2.49. The molecule has 1 aliphatic rings. The Labute approximate surface area is 125 Å². The van der Waals surface area contributed by atoms with Crippen LogP contribution in [-0.2, 0) is 6.42 Å². The lowest BCUT2D eigenvalue weighted by molar-refractivity contribution is 0.363. The summed E-state index contributed by atoms with van der Waals surface area (Å²) in [5.74, 6) is 1.59. The van der Waals surface area contributed by atoms with E-state index in [1.54, 1.807) is 0 Å². The van der Waals surface area contributed by atoms with Gasteiger partial charge in [0.2, 0.25) is 11.7 Å². The van der Waals surface area contributed by atoms with Crippen LogP contribution < -0.4 is 5.73 Å². The highest BCUT2D eigenvalue weighted by Gasteiger charge is 2.30. The maximum absolute atomic E-state index is 6.20. The van der Waals surface area contributed by atoms with Crippen LogP contribution in [0.15, 0.2) is 28.9 Å². The summed E-state index contributed by atoms with van der Waals surface area (Å²) in [6.45, 7) is 0. The number of nitrogens with two attached hydrogens (primary N) is 1. The molecule has 3 aromatic rings. The summed E-state index contributed by atoms with van der Waals surface area (Å²) in [5, 5.41) is 4.38. The molecule has 4 rings (SSSR count). The highest BCUT2D eigenvalue weighted by Crippen LogP contribution is 2.33. The fourth-order valence-corrected chi connectivity index (χ4v) is 2.76. The predicted molar refractivity (Wildman–Crippen MR) is 77.9 cm³/mol. The quantitative estimate of drug-likeness (QED) is 0.800. The summed E-state index contributed by atoms with van der Waals surface area (Å²) in [6, 6.07) is 5.77. The second-order valence-corrected chi connectivity index (χ2v) is 5.76. The Morgan fingerprint density at radius 2 is 2.24 bits per heavy atom. The highest BCUT2D eigenvalue weighted by molar-refractivity contribution is 6.32. The number of imidazole rings is 1. The van der Waals surface area contributed by atoms with Crippen LogP contribution >= 0.6 is 11.6 Å². The van der Waals surface area contributed by atoms with Crippen molar-refractivity contribution in [2.75, 3.05) is 0 Å². The average molecular weight is 304 g/mol. The first-order chi connectivity index (χ1) is 10.2. The number of aromatic nitrogens is 4. The van der Waals surface area contributed by atoms with Crippen LogP contribution in [0.2, 0.25) is 5.15 Å². The molecule has 7 heteroatoms. The molecule has 108 valence electrons. The van der Waals surface area contributed by atoms with E-state index in [2.05, 4.69) is 15.1 Å². The maximum atomic E-state index is 6.20. The first kappa shape index (κ1) is 12.8. The van der Waals surface area contributed by atoms with Crippen molar-refractivity contribution in [2.24, 2.45) is 11.7 Å². The van der Waals surface area contributed by atoms with Crippen molar-refractivity contribution < 1.29 is 4.52 Å². The van der Waals surface area contributed by atoms with Gasteiger partial charge in [-0.15, -0.1) is 0 Å². The van der Waals surface area contributed by atoms with Gasteiger partial charge >= 0.3 is 0 Å². The maximum Gasteiger partial charge on any atom is 0.228 e. The summed E-state index contributed by atoms with van der Waals surface area (Å²) < 4.78 is 7.15. The van der Waals surface area contributed by atoms with Crippen molar-refractivity contribution in [1.82, 2.24) is 19.5 Å². The third-order valence-electron chi connectivity index (χ3n) is 3.81. The zero-order valence-electron chi connectivity index (χ0n) is 11.2.